The summed E-state index contributed by atoms with van der Waals surface area (Å²) in [4.78, 5) is 0. The molecule has 0 aromatic heterocycles. The summed E-state index contributed by atoms with van der Waals surface area (Å²) < 4.78 is 61.9. The van der Waals surface area contributed by atoms with Crippen LogP contribution in [0.2, 0.25) is 0 Å². The van der Waals surface area contributed by atoms with Gasteiger partial charge in [0.2, 0.25) is 0 Å². The molecule has 0 saturated heterocycles. The summed E-state index contributed by atoms with van der Waals surface area (Å²) in [6, 6.07) is 3.40. The van der Waals surface area contributed by atoms with Crippen LogP contribution in [0.5, 0.6) is 5.75 Å². The summed E-state index contributed by atoms with van der Waals surface area (Å²) in [6.07, 6.45) is -3.63. The van der Waals surface area contributed by atoms with Crippen molar-refractivity contribution in [1.29, 1.82) is 0 Å². The minimum Gasteiger partial charge on any atom is -0.383 e. The molecule has 0 atom stereocenters. The maximum absolute atomic E-state index is 12.1. The van der Waals surface area contributed by atoms with Gasteiger partial charge in [0.05, 0.1) is 11.8 Å². The molecule has 1 aromatic carbocycles. The smallest absolute Gasteiger partial charge is 0.383 e. The summed E-state index contributed by atoms with van der Waals surface area (Å²) in [5, 5.41) is 0. The Hall–Kier alpha value is -1.24. The molecule has 0 N–H and O–H groups in total. The molecule has 1 rings (SSSR count). The van der Waals surface area contributed by atoms with Gasteiger partial charge in [-0.2, -0.15) is 21.6 Å². The Kier molecular flexibility index (Phi) is 2.94. The Labute approximate surface area is 84.6 Å². The second-order valence-corrected chi connectivity index (χ2v) is 4.38. The van der Waals surface area contributed by atoms with E-state index >= 15 is 0 Å². The summed E-state index contributed by atoms with van der Waals surface area (Å²) in [6.45, 7) is 0. The molecule has 0 bridgehead atoms. The molecular weight excluding hydrogens is 233 g/mol. The van der Waals surface area contributed by atoms with Gasteiger partial charge in [-0.3, -0.25) is 0 Å². The molecule has 0 spiro atoms. The monoisotopic (exact) mass is 240 g/mol. The molecule has 0 aliphatic heterocycles. The highest BCUT2D eigenvalue weighted by Gasteiger charge is 2.30. The fourth-order valence-corrected chi connectivity index (χ4v) is 1.33. The van der Waals surface area contributed by atoms with Crippen LogP contribution in [-0.2, 0) is 16.3 Å². The van der Waals surface area contributed by atoms with Crippen LogP contribution in [-0.4, -0.2) is 14.7 Å². The minimum absolute atomic E-state index is 0.148. The van der Waals surface area contributed by atoms with E-state index in [0.29, 0.717) is 0 Å². The van der Waals surface area contributed by atoms with Crippen molar-refractivity contribution in [2.24, 2.45) is 0 Å². The normalized spacial score (nSPS) is 12.5. The Bertz CT molecular complexity index is 433. The van der Waals surface area contributed by atoms with E-state index in [-0.39, 0.29) is 5.75 Å². The fraction of sp³-hybridized carbons (Fsp3) is 0.250. The van der Waals surface area contributed by atoms with Crippen molar-refractivity contribution in [2.75, 3.05) is 6.26 Å². The molecule has 0 amide bonds. The van der Waals surface area contributed by atoms with E-state index in [9.17, 15) is 21.6 Å². The fourth-order valence-electron chi connectivity index (χ4n) is 0.874. The van der Waals surface area contributed by atoms with E-state index < -0.39 is 21.9 Å². The summed E-state index contributed by atoms with van der Waals surface area (Å²) >= 11 is 0. The molecule has 1 aromatic rings. The van der Waals surface area contributed by atoms with Crippen molar-refractivity contribution >= 4 is 10.1 Å². The van der Waals surface area contributed by atoms with Crippen LogP contribution < -0.4 is 4.18 Å². The van der Waals surface area contributed by atoms with Gasteiger partial charge >= 0.3 is 16.3 Å². The highest BCUT2D eigenvalue weighted by atomic mass is 32.2. The summed E-state index contributed by atoms with van der Waals surface area (Å²) in [5.74, 6) is -0.148. The SMILES string of the molecule is CS(=O)(=O)Oc1ccc(C(F)(F)F)cc1. The van der Waals surface area contributed by atoms with Gasteiger partial charge in [0, 0.05) is 0 Å². The van der Waals surface area contributed by atoms with Crippen LogP contribution >= 0.6 is 0 Å². The largest absolute Gasteiger partial charge is 0.416 e. The molecule has 0 saturated carbocycles. The molecule has 0 aliphatic carbocycles. The predicted octanol–water partition coefficient (Wildman–Crippen LogP) is 2.04. The molecule has 15 heavy (non-hydrogen) atoms. The first kappa shape index (κ1) is 11.8. The van der Waals surface area contributed by atoms with Crippen LogP contribution in [0.25, 0.3) is 0 Å². The highest BCUT2D eigenvalue weighted by molar-refractivity contribution is 7.86. The van der Waals surface area contributed by atoms with Crippen molar-refractivity contribution in [3.8, 4) is 5.75 Å². The van der Waals surface area contributed by atoms with Gasteiger partial charge < -0.3 is 4.18 Å². The first-order valence-electron chi connectivity index (χ1n) is 3.75. The Morgan fingerprint density at radius 1 is 1.13 bits per heavy atom. The first-order valence-corrected chi connectivity index (χ1v) is 5.57. The highest BCUT2D eigenvalue weighted by Crippen LogP contribution is 2.30. The summed E-state index contributed by atoms with van der Waals surface area (Å²) in [5.41, 5.74) is -0.858. The maximum Gasteiger partial charge on any atom is 0.416 e. The first-order chi connectivity index (χ1) is 6.68. The number of halogens is 3. The molecule has 0 heterocycles. The number of alkyl halides is 3. The van der Waals surface area contributed by atoms with Gasteiger partial charge in [-0.05, 0) is 24.3 Å². The maximum atomic E-state index is 12.1. The van der Waals surface area contributed by atoms with E-state index in [2.05, 4.69) is 4.18 Å². The average molecular weight is 240 g/mol. The molecule has 7 heteroatoms. The van der Waals surface area contributed by atoms with E-state index in [4.69, 9.17) is 0 Å². The van der Waals surface area contributed by atoms with E-state index in [1.165, 1.54) is 0 Å². The zero-order valence-electron chi connectivity index (χ0n) is 7.58. The van der Waals surface area contributed by atoms with Gasteiger partial charge in [-0.25, -0.2) is 0 Å². The Morgan fingerprint density at radius 2 is 1.60 bits per heavy atom. The topological polar surface area (TPSA) is 43.4 Å². The van der Waals surface area contributed by atoms with Gasteiger partial charge in [-0.1, -0.05) is 0 Å². The average Bonchev–Trinajstić information content (AvgIpc) is 2.00. The molecule has 0 unspecified atom stereocenters. The third kappa shape index (κ3) is 3.78. The third-order valence-electron chi connectivity index (χ3n) is 1.43. The van der Waals surface area contributed by atoms with Gasteiger partial charge in [0.25, 0.3) is 0 Å². The molecular formula is C8H7F3O3S. The molecule has 0 fully saturated rings. The third-order valence-corrected chi connectivity index (χ3v) is 1.92. The van der Waals surface area contributed by atoms with Crippen molar-refractivity contribution in [2.45, 2.75) is 6.18 Å². The minimum atomic E-state index is -4.44. The Balaban J connectivity index is 2.91. The van der Waals surface area contributed by atoms with Gasteiger partial charge in [0.15, 0.2) is 0 Å². The predicted molar refractivity (Wildman–Crippen MR) is 46.9 cm³/mol. The van der Waals surface area contributed by atoms with E-state index in [0.717, 1.165) is 30.5 Å². The van der Waals surface area contributed by atoms with Crippen LogP contribution in [0, 0.1) is 0 Å². The number of hydrogen-bond acceptors (Lipinski definition) is 3. The molecule has 3 nitrogen and oxygen atoms in total. The van der Waals surface area contributed by atoms with Crippen LogP contribution in [0.15, 0.2) is 24.3 Å². The quantitative estimate of drug-likeness (QED) is 0.743. The van der Waals surface area contributed by atoms with Crippen molar-refractivity contribution in [3.63, 3.8) is 0 Å². The van der Waals surface area contributed by atoms with Gasteiger partial charge in [-0.15, -0.1) is 0 Å². The van der Waals surface area contributed by atoms with E-state index in [1.807, 2.05) is 0 Å². The van der Waals surface area contributed by atoms with Crippen molar-refractivity contribution < 1.29 is 25.8 Å². The lowest BCUT2D eigenvalue weighted by molar-refractivity contribution is -0.137. The lowest BCUT2D eigenvalue weighted by Crippen LogP contribution is -2.07. The number of rotatable bonds is 2. The lowest BCUT2D eigenvalue weighted by Gasteiger charge is -2.07. The lowest BCUT2D eigenvalue weighted by atomic mass is 10.2. The zero-order chi connectivity index (χ0) is 11.7. The van der Waals surface area contributed by atoms with E-state index in [1.54, 1.807) is 0 Å². The van der Waals surface area contributed by atoms with Crippen LogP contribution in [0.3, 0.4) is 0 Å². The molecule has 0 radical (unpaired) electrons. The van der Waals surface area contributed by atoms with Crippen molar-refractivity contribution in [3.05, 3.63) is 29.8 Å². The Morgan fingerprint density at radius 3 is 1.93 bits per heavy atom. The number of hydrogen-bond donors (Lipinski definition) is 0. The molecule has 84 valence electrons. The van der Waals surface area contributed by atoms with Crippen LogP contribution in [0.4, 0.5) is 13.2 Å². The second-order valence-electron chi connectivity index (χ2n) is 2.81. The zero-order valence-corrected chi connectivity index (χ0v) is 8.39. The molecule has 0 aliphatic rings. The standard InChI is InChI=1S/C8H7F3O3S/c1-15(12,13)14-7-4-2-6(3-5-7)8(9,10)11/h2-5H,1H3. The van der Waals surface area contributed by atoms with Crippen molar-refractivity contribution in [1.82, 2.24) is 0 Å². The summed E-state index contributed by atoms with van der Waals surface area (Å²) in [7, 11) is -3.71. The second kappa shape index (κ2) is 3.73. The number of benzene rings is 1. The van der Waals surface area contributed by atoms with Gasteiger partial charge in [0.1, 0.15) is 5.75 Å². The van der Waals surface area contributed by atoms with Crippen LogP contribution in [0.1, 0.15) is 5.56 Å².